The Morgan fingerprint density at radius 1 is 0.929 bits per heavy atom. The van der Waals surface area contributed by atoms with E-state index in [0.29, 0.717) is 10.8 Å². The summed E-state index contributed by atoms with van der Waals surface area (Å²) in [5.41, 5.74) is 0.876. The van der Waals surface area contributed by atoms with Gasteiger partial charge in [-0.3, -0.25) is 0 Å². The fourth-order valence-corrected chi connectivity index (χ4v) is 3.86. The Bertz CT molecular complexity index is 241. The topological polar surface area (TPSA) is 40.5 Å². The molecule has 2 aliphatic rings. The highest BCUT2D eigenvalue weighted by Gasteiger charge is 2.76. The fraction of sp³-hybridized carbons (Fsp3) is 1.00. The predicted molar refractivity (Wildman–Crippen MR) is 55.9 cm³/mol. The third kappa shape index (κ3) is 0.892. The van der Waals surface area contributed by atoms with Crippen molar-refractivity contribution in [3.63, 3.8) is 0 Å². The monoisotopic (exact) mass is 198 g/mol. The Hall–Kier alpha value is -0.0800. The first-order valence-electron chi connectivity index (χ1n) is 5.62. The number of aliphatic hydroxyl groups is 2. The van der Waals surface area contributed by atoms with Gasteiger partial charge in [0.05, 0.1) is 12.2 Å². The van der Waals surface area contributed by atoms with Crippen molar-refractivity contribution in [2.75, 3.05) is 0 Å². The lowest BCUT2D eigenvalue weighted by Crippen LogP contribution is -2.36. The molecule has 0 saturated heterocycles. The van der Waals surface area contributed by atoms with E-state index in [9.17, 15) is 10.2 Å². The molecule has 2 aliphatic carbocycles. The second-order valence-corrected chi connectivity index (χ2v) is 6.21. The van der Waals surface area contributed by atoms with Gasteiger partial charge in [0, 0.05) is 0 Å². The first-order valence-corrected chi connectivity index (χ1v) is 5.62. The van der Waals surface area contributed by atoms with Crippen molar-refractivity contribution in [3.8, 4) is 0 Å². The van der Waals surface area contributed by atoms with Crippen LogP contribution in [0.2, 0.25) is 0 Å². The Morgan fingerprint density at radius 2 is 1.43 bits per heavy atom. The van der Waals surface area contributed by atoms with Crippen molar-refractivity contribution in [3.05, 3.63) is 0 Å². The van der Waals surface area contributed by atoms with Crippen molar-refractivity contribution < 1.29 is 10.2 Å². The zero-order valence-electron chi connectivity index (χ0n) is 9.67. The third-order valence-electron chi connectivity index (χ3n) is 5.76. The van der Waals surface area contributed by atoms with E-state index >= 15 is 0 Å². The van der Waals surface area contributed by atoms with Gasteiger partial charge in [-0.15, -0.1) is 0 Å². The second kappa shape index (κ2) is 2.53. The van der Waals surface area contributed by atoms with Gasteiger partial charge in [0.15, 0.2) is 0 Å². The van der Waals surface area contributed by atoms with Gasteiger partial charge in [-0.05, 0) is 35.5 Å². The van der Waals surface area contributed by atoms with Crippen LogP contribution in [0.25, 0.3) is 0 Å². The molecule has 0 amide bonds. The van der Waals surface area contributed by atoms with Gasteiger partial charge >= 0.3 is 0 Å². The molecule has 0 radical (unpaired) electrons. The minimum absolute atomic E-state index is 0.263. The molecule has 2 N–H and O–H groups in total. The van der Waals surface area contributed by atoms with Crippen LogP contribution in [0, 0.1) is 16.2 Å². The molecule has 82 valence electrons. The summed E-state index contributed by atoms with van der Waals surface area (Å²) in [6.45, 7) is 9.16. The maximum atomic E-state index is 9.77. The van der Waals surface area contributed by atoms with E-state index in [2.05, 4.69) is 27.7 Å². The molecule has 2 fully saturated rings. The van der Waals surface area contributed by atoms with Crippen LogP contribution in [0.15, 0.2) is 0 Å². The van der Waals surface area contributed by atoms with E-state index in [1.807, 2.05) is 0 Å². The van der Waals surface area contributed by atoms with E-state index in [1.165, 1.54) is 0 Å². The van der Waals surface area contributed by atoms with Crippen LogP contribution in [0.4, 0.5) is 0 Å². The summed E-state index contributed by atoms with van der Waals surface area (Å²) >= 11 is 0. The molecule has 1 spiro atoms. The van der Waals surface area contributed by atoms with Crippen LogP contribution in [-0.4, -0.2) is 22.4 Å². The van der Waals surface area contributed by atoms with Gasteiger partial charge in [0.1, 0.15) is 0 Å². The van der Waals surface area contributed by atoms with Gasteiger partial charge in [-0.1, -0.05) is 27.7 Å². The van der Waals surface area contributed by atoms with Crippen LogP contribution < -0.4 is 0 Å². The Labute approximate surface area is 86.3 Å². The average Bonchev–Trinajstić information content (AvgIpc) is 2.38. The van der Waals surface area contributed by atoms with Gasteiger partial charge in [0.2, 0.25) is 0 Å². The fourth-order valence-electron chi connectivity index (χ4n) is 3.86. The molecular weight excluding hydrogens is 176 g/mol. The van der Waals surface area contributed by atoms with Gasteiger partial charge < -0.3 is 10.2 Å². The third-order valence-corrected chi connectivity index (χ3v) is 5.76. The highest BCUT2D eigenvalue weighted by molar-refractivity contribution is 5.25. The van der Waals surface area contributed by atoms with Crippen LogP contribution >= 0.6 is 0 Å². The van der Waals surface area contributed by atoms with Gasteiger partial charge in [0.25, 0.3) is 0 Å². The van der Waals surface area contributed by atoms with E-state index in [4.69, 9.17) is 0 Å². The van der Waals surface area contributed by atoms with Crippen molar-refractivity contribution in [2.24, 2.45) is 16.2 Å². The number of aliphatic hydroxyl groups excluding tert-OH is 2. The molecule has 0 bridgehead atoms. The SMILES string of the molecule is CC1(C)C(C)(C)C12CCC(O)C(O)C2. The van der Waals surface area contributed by atoms with Gasteiger partial charge in [-0.25, -0.2) is 0 Å². The van der Waals surface area contributed by atoms with Crippen molar-refractivity contribution >= 4 is 0 Å². The largest absolute Gasteiger partial charge is 0.390 e. The highest BCUT2D eigenvalue weighted by Crippen LogP contribution is 2.82. The Morgan fingerprint density at radius 3 is 1.79 bits per heavy atom. The molecule has 2 saturated carbocycles. The van der Waals surface area contributed by atoms with Crippen LogP contribution in [0.5, 0.6) is 0 Å². The van der Waals surface area contributed by atoms with E-state index in [0.717, 1.165) is 19.3 Å². The summed E-state index contributed by atoms with van der Waals surface area (Å²) in [4.78, 5) is 0. The summed E-state index contributed by atoms with van der Waals surface area (Å²) < 4.78 is 0. The molecule has 2 rings (SSSR count). The van der Waals surface area contributed by atoms with E-state index in [1.54, 1.807) is 0 Å². The molecule has 2 nitrogen and oxygen atoms in total. The lowest BCUT2D eigenvalue weighted by Gasteiger charge is -2.33. The minimum atomic E-state index is -0.509. The van der Waals surface area contributed by atoms with Crippen molar-refractivity contribution in [1.29, 1.82) is 0 Å². The Balaban J connectivity index is 2.22. The zero-order valence-corrected chi connectivity index (χ0v) is 9.67. The molecule has 2 unspecified atom stereocenters. The Kier molecular flexibility index (Phi) is 1.89. The first kappa shape index (κ1) is 10.4. The summed E-state index contributed by atoms with van der Waals surface area (Å²) in [6, 6.07) is 0. The van der Waals surface area contributed by atoms with E-state index < -0.39 is 12.2 Å². The lowest BCUT2D eigenvalue weighted by molar-refractivity contribution is -0.0414. The highest BCUT2D eigenvalue weighted by atomic mass is 16.3. The molecule has 0 heterocycles. The lowest BCUT2D eigenvalue weighted by atomic mass is 9.76. The average molecular weight is 198 g/mol. The summed E-state index contributed by atoms with van der Waals surface area (Å²) in [7, 11) is 0. The second-order valence-electron chi connectivity index (χ2n) is 6.21. The number of rotatable bonds is 0. The van der Waals surface area contributed by atoms with E-state index in [-0.39, 0.29) is 5.41 Å². The van der Waals surface area contributed by atoms with Crippen LogP contribution in [0.3, 0.4) is 0 Å². The smallest absolute Gasteiger partial charge is 0.0804 e. The normalized spacial score (nSPS) is 42.4. The van der Waals surface area contributed by atoms with Crippen LogP contribution in [-0.2, 0) is 0 Å². The molecule has 2 atom stereocenters. The van der Waals surface area contributed by atoms with Gasteiger partial charge in [-0.2, -0.15) is 0 Å². The van der Waals surface area contributed by atoms with Crippen molar-refractivity contribution in [1.82, 2.24) is 0 Å². The molecule has 0 aromatic heterocycles. The molecule has 14 heavy (non-hydrogen) atoms. The molecule has 0 aromatic carbocycles. The maximum absolute atomic E-state index is 9.77. The molecule has 0 aliphatic heterocycles. The quantitative estimate of drug-likeness (QED) is 0.624. The maximum Gasteiger partial charge on any atom is 0.0804 e. The number of hydrogen-bond donors (Lipinski definition) is 2. The number of hydrogen-bond acceptors (Lipinski definition) is 2. The molecule has 0 aromatic rings. The summed E-state index contributed by atoms with van der Waals surface area (Å²) in [5.74, 6) is 0. The molecule has 2 heteroatoms. The standard InChI is InChI=1S/C12H22O2/c1-10(2)11(3,4)12(10)6-5-8(13)9(14)7-12/h8-9,13-14H,5-7H2,1-4H3. The summed E-state index contributed by atoms with van der Waals surface area (Å²) in [6.07, 6.45) is 1.59. The predicted octanol–water partition coefficient (Wildman–Crippen LogP) is 1.94. The van der Waals surface area contributed by atoms with Crippen LogP contribution in [0.1, 0.15) is 47.0 Å². The molecular formula is C12H22O2. The first-order chi connectivity index (χ1) is 6.26. The summed E-state index contributed by atoms with van der Waals surface area (Å²) in [5, 5.41) is 19.3. The minimum Gasteiger partial charge on any atom is -0.390 e. The van der Waals surface area contributed by atoms with Crippen molar-refractivity contribution in [2.45, 2.75) is 59.2 Å². The zero-order chi connectivity index (χ0) is 10.8.